The van der Waals surface area contributed by atoms with E-state index in [0.29, 0.717) is 11.6 Å². The van der Waals surface area contributed by atoms with Gasteiger partial charge in [-0.25, -0.2) is 14.8 Å². The number of carboxylic acids is 1. The molecule has 2 aromatic heterocycles. The van der Waals surface area contributed by atoms with Crippen molar-refractivity contribution >= 4 is 33.3 Å². The maximum absolute atomic E-state index is 11.5. The van der Waals surface area contributed by atoms with Gasteiger partial charge in [0.1, 0.15) is 22.0 Å². The van der Waals surface area contributed by atoms with Crippen molar-refractivity contribution in [3.63, 3.8) is 0 Å². The molecule has 2 N–H and O–H groups in total. The van der Waals surface area contributed by atoms with Crippen LogP contribution in [0.15, 0.2) is 30.3 Å². The van der Waals surface area contributed by atoms with E-state index in [1.54, 1.807) is 25.2 Å². The number of nitrogens with zero attached hydrogens (tertiary/aromatic N) is 2. The van der Waals surface area contributed by atoms with Gasteiger partial charge in [-0.2, -0.15) is 0 Å². The summed E-state index contributed by atoms with van der Waals surface area (Å²) in [5, 5.41) is 13.4. The van der Waals surface area contributed by atoms with E-state index < -0.39 is 11.5 Å². The summed E-state index contributed by atoms with van der Waals surface area (Å²) >= 11 is 1.60. The van der Waals surface area contributed by atoms with E-state index in [-0.39, 0.29) is 0 Å². The number of aryl methyl sites for hydroxylation is 2. The van der Waals surface area contributed by atoms with E-state index in [0.717, 1.165) is 26.2 Å². The fraction of sp³-hybridized carbons (Fsp3) is 0.278. The molecule has 0 saturated carbocycles. The number of carbonyl (C=O) groups is 1. The lowest BCUT2D eigenvalue weighted by Crippen LogP contribution is -2.40. The van der Waals surface area contributed by atoms with Gasteiger partial charge in [0.25, 0.3) is 0 Å². The van der Waals surface area contributed by atoms with Crippen molar-refractivity contribution in [2.24, 2.45) is 0 Å². The predicted molar refractivity (Wildman–Crippen MR) is 97.7 cm³/mol. The van der Waals surface area contributed by atoms with Gasteiger partial charge in [0.05, 0.1) is 5.39 Å². The molecule has 0 bridgehead atoms. The lowest BCUT2D eigenvalue weighted by molar-refractivity contribution is -0.141. The zero-order valence-electron chi connectivity index (χ0n) is 14.0. The molecule has 0 amide bonds. The number of hydrogen-bond acceptors (Lipinski definition) is 5. The van der Waals surface area contributed by atoms with E-state index in [4.69, 9.17) is 0 Å². The van der Waals surface area contributed by atoms with Crippen LogP contribution in [0.1, 0.15) is 24.5 Å². The van der Waals surface area contributed by atoms with Crippen LogP contribution < -0.4 is 5.32 Å². The fourth-order valence-corrected chi connectivity index (χ4v) is 3.70. The predicted octanol–water partition coefficient (Wildman–Crippen LogP) is 4.25. The van der Waals surface area contributed by atoms with Crippen LogP contribution in [0.4, 0.5) is 5.82 Å². The molecule has 0 atom stereocenters. The lowest BCUT2D eigenvalue weighted by Gasteiger charge is -2.22. The molecule has 0 radical (unpaired) electrons. The largest absolute Gasteiger partial charge is 0.480 e. The highest BCUT2D eigenvalue weighted by atomic mass is 32.1. The zero-order valence-corrected chi connectivity index (χ0v) is 14.9. The minimum absolute atomic E-state index is 0.563. The lowest BCUT2D eigenvalue weighted by atomic mass is 10.0. The van der Waals surface area contributed by atoms with Crippen molar-refractivity contribution in [2.75, 3.05) is 5.32 Å². The second-order valence-electron chi connectivity index (χ2n) is 6.25. The maximum Gasteiger partial charge on any atom is 0.328 e. The van der Waals surface area contributed by atoms with E-state index in [1.807, 2.05) is 37.3 Å². The number of benzene rings is 1. The molecule has 0 spiro atoms. The molecule has 2 heterocycles. The Morgan fingerprint density at radius 1 is 1.17 bits per heavy atom. The third kappa shape index (κ3) is 2.85. The molecule has 5 nitrogen and oxygen atoms in total. The molecule has 124 valence electrons. The molecule has 0 aliphatic carbocycles. The van der Waals surface area contributed by atoms with Crippen LogP contribution in [-0.2, 0) is 4.79 Å². The standard InChI is InChI=1S/C18H19N3O2S/c1-10-13(12-8-6-5-7-9-12)14-15(21-18(3,4)17(22)23)19-11(2)20-16(14)24-10/h5-9H,1-4H3,(H,22,23)(H,19,20,21). The maximum atomic E-state index is 11.5. The van der Waals surface area contributed by atoms with Gasteiger partial charge in [-0.3, -0.25) is 0 Å². The van der Waals surface area contributed by atoms with Gasteiger partial charge in [0.15, 0.2) is 0 Å². The SMILES string of the molecule is Cc1nc(NC(C)(C)C(=O)O)c2c(-c3ccccc3)c(C)sc2n1. The van der Waals surface area contributed by atoms with Gasteiger partial charge in [0, 0.05) is 10.4 Å². The first-order valence-electron chi connectivity index (χ1n) is 7.64. The highest BCUT2D eigenvalue weighted by Crippen LogP contribution is 2.41. The third-order valence-electron chi connectivity index (χ3n) is 3.87. The summed E-state index contributed by atoms with van der Waals surface area (Å²) in [5.41, 5.74) is 1.00. The first-order valence-corrected chi connectivity index (χ1v) is 8.46. The van der Waals surface area contributed by atoms with Gasteiger partial charge in [-0.1, -0.05) is 30.3 Å². The van der Waals surface area contributed by atoms with Crippen LogP contribution in [0.25, 0.3) is 21.3 Å². The van der Waals surface area contributed by atoms with Crippen molar-refractivity contribution < 1.29 is 9.90 Å². The van der Waals surface area contributed by atoms with Crippen molar-refractivity contribution in [3.8, 4) is 11.1 Å². The summed E-state index contributed by atoms with van der Waals surface area (Å²) < 4.78 is 0. The average Bonchev–Trinajstić information content (AvgIpc) is 2.83. The summed E-state index contributed by atoms with van der Waals surface area (Å²) in [7, 11) is 0. The molecular weight excluding hydrogens is 322 g/mol. The number of hydrogen-bond donors (Lipinski definition) is 2. The summed E-state index contributed by atoms with van der Waals surface area (Å²) in [4.78, 5) is 22.5. The molecule has 24 heavy (non-hydrogen) atoms. The van der Waals surface area contributed by atoms with Crippen molar-refractivity contribution in [1.82, 2.24) is 9.97 Å². The Kier molecular flexibility index (Phi) is 4.01. The fourth-order valence-electron chi connectivity index (χ4n) is 2.61. The molecule has 0 fully saturated rings. The summed E-state index contributed by atoms with van der Waals surface area (Å²) in [5.74, 6) is 0.250. The first-order chi connectivity index (χ1) is 11.3. The quantitative estimate of drug-likeness (QED) is 0.742. The number of rotatable bonds is 4. The third-order valence-corrected chi connectivity index (χ3v) is 4.87. The Morgan fingerprint density at radius 2 is 1.83 bits per heavy atom. The van der Waals surface area contributed by atoms with Gasteiger partial charge in [-0.15, -0.1) is 11.3 Å². The van der Waals surface area contributed by atoms with Gasteiger partial charge in [-0.05, 0) is 33.3 Å². The number of aromatic nitrogens is 2. The van der Waals surface area contributed by atoms with Gasteiger partial charge < -0.3 is 10.4 Å². The molecule has 3 rings (SSSR count). The van der Waals surface area contributed by atoms with E-state index >= 15 is 0 Å². The Balaban J connectivity index is 2.27. The molecule has 0 saturated heterocycles. The second-order valence-corrected chi connectivity index (χ2v) is 7.46. The molecular formula is C18H19N3O2S. The van der Waals surface area contributed by atoms with Crippen LogP contribution in [0.5, 0.6) is 0 Å². The minimum atomic E-state index is -1.13. The van der Waals surface area contributed by atoms with Gasteiger partial charge in [0.2, 0.25) is 0 Å². The summed E-state index contributed by atoms with van der Waals surface area (Å²) in [6, 6.07) is 10.0. The molecule has 0 aliphatic rings. The zero-order chi connectivity index (χ0) is 17.5. The molecule has 0 aliphatic heterocycles. The minimum Gasteiger partial charge on any atom is -0.480 e. The van der Waals surface area contributed by atoms with Gasteiger partial charge >= 0.3 is 5.97 Å². The average molecular weight is 341 g/mol. The number of aliphatic carboxylic acids is 1. The number of thiophene rings is 1. The second kappa shape index (κ2) is 5.87. The molecule has 6 heteroatoms. The van der Waals surface area contributed by atoms with Crippen molar-refractivity contribution in [1.29, 1.82) is 0 Å². The highest BCUT2D eigenvalue weighted by molar-refractivity contribution is 7.19. The summed E-state index contributed by atoms with van der Waals surface area (Å²) in [6.45, 7) is 7.12. The van der Waals surface area contributed by atoms with Crippen LogP contribution in [0.3, 0.4) is 0 Å². The van der Waals surface area contributed by atoms with Crippen molar-refractivity contribution in [3.05, 3.63) is 41.0 Å². The Hall–Kier alpha value is -2.47. The van der Waals surface area contributed by atoms with Crippen LogP contribution in [0.2, 0.25) is 0 Å². The molecule has 3 aromatic rings. The number of anilines is 1. The number of nitrogens with one attached hydrogen (secondary N) is 1. The number of carboxylic acid groups (broad SMARTS) is 1. The Labute approximate surface area is 144 Å². The van der Waals surface area contributed by atoms with E-state index in [9.17, 15) is 9.90 Å². The van der Waals surface area contributed by atoms with Crippen LogP contribution >= 0.6 is 11.3 Å². The van der Waals surface area contributed by atoms with Crippen LogP contribution in [-0.4, -0.2) is 26.6 Å². The summed E-state index contributed by atoms with van der Waals surface area (Å²) in [6.07, 6.45) is 0. The molecule has 0 unspecified atom stereocenters. The topological polar surface area (TPSA) is 75.1 Å². The smallest absolute Gasteiger partial charge is 0.328 e. The molecule has 1 aromatic carbocycles. The monoisotopic (exact) mass is 341 g/mol. The normalized spacial score (nSPS) is 11.7. The van der Waals surface area contributed by atoms with Crippen LogP contribution in [0, 0.1) is 13.8 Å². The van der Waals surface area contributed by atoms with E-state index in [1.165, 1.54) is 0 Å². The Bertz CT molecular complexity index is 917. The van der Waals surface area contributed by atoms with Crippen molar-refractivity contribution in [2.45, 2.75) is 33.2 Å². The number of fused-ring (bicyclic) bond motifs is 1. The van der Waals surface area contributed by atoms with E-state index in [2.05, 4.69) is 22.2 Å². The highest BCUT2D eigenvalue weighted by Gasteiger charge is 2.29. The Morgan fingerprint density at radius 3 is 2.46 bits per heavy atom. The first kappa shape index (κ1) is 16.4.